The lowest BCUT2D eigenvalue weighted by Gasteiger charge is -2.17. The van der Waals surface area contributed by atoms with Crippen LogP contribution in [0.3, 0.4) is 0 Å². The fourth-order valence-corrected chi connectivity index (χ4v) is 2.43. The average Bonchev–Trinajstić information content (AvgIpc) is 2.95. The van der Waals surface area contributed by atoms with Gasteiger partial charge in [-0.1, -0.05) is 0 Å². The summed E-state index contributed by atoms with van der Waals surface area (Å²) in [6.07, 6.45) is 5.74. The minimum absolute atomic E-state index is 0.112. The highest BCUT2D eigenvalue weighted by atomic mass is 16.1. The van der Waals surface area contributed by atoms with Crippen LogP contribution in [0.2, 0.25) is 0 Å². The van der Waals surface area contributed by atoms with Gasteiger partial charge in [-0.05, 0) is 25.0 Å². The van der Waals surface area contributed by atoms with Crippen LogP contribution in [-0.4, -0.2) is 27.9 Å². The molecule has 0 aromatic carbocycles. The molecule has 0 bridgehead atoms. The summed E-state index contributed by atoms with van der Waals surface area (Å²) in [5, 5.41) is 4.23. The van der Waals surface area contributed by atoms with Crippen LogP contribution in [0.25, 0.3) is 0 Å². The SMILES string of the molecule is Nc1ccnc(Cn2ncc(N3CCCC3)cc2=O)c1. The lowest BCUT2D eigenvalue weighted by molar-refractivity contribution is 0.627. The Morgan fingerprint density at radius 1 is 1.25 bits per heavy atom. The van der Waals surface area contributed by atoms with E-state index < -0.39 is 0 Å². The molecule has 0 spiro atoms. The average molecular weight is 271 g/mol. The molecule has 2 aromatic heterocycles. The van der Waals surface area contributed by atoms with E-state index in [9.17, 15) is 4.79 Å². The second kappa shape index (κ2) is 5.32. The molecule has 1 aliphatic rings. The summed E-state index contributed by atoms with van der Waals surface area (Å²) in [6.45, 7) is 2.34. The van der Waals surface area contributed by atoms with Crippen LogP contribution in [0.15, 0.2) is 35.4 Å². The maximum atomic E-state index is 12.1. The molecule has 6 nitrogen and oxygen atoms in total. The summed E-state index contributed by atoms with van der Waals surface area (Å²) in [5.74, 6) is 0. The highest BCUT2D eigenvalue weighted by Crippen LogP contribution is 2.16. The van der Waals surface area contributed by atoms with Crippen molar-refractivity contribution in [2.75, 3.05) is 23.7 Å². The minimum Gasteiger partial charge on any atom is -0.399 e. The van der Waals surface area contributed by atoms with Crippen molar-refractivity contribution in [1.82, 2.24) is 14.8 Å². The van der Waals surface area contributed by atoms with E-state index in [1.165, 1.54) is 17.5 Å². The topological polar surface area (TPSA) is 77.0 Å². The molecular formula is C14H17N5O. The molecule has 0 amide bonds. The van der Waals surface area contributed by atoms with E-state index in [0.29, 0.717) is 12.2 Å². The van der Waals surface area contributed by atoms with Crippen molar-refractivity contribution in [2.24, 2.45) is 0 Å². The summed E-state index contributed by atoms with van der Waals surface area (Å²) in [5.41, 5.74) is 7.86. The van der Waals surface area contributed by atoms with Crippen molar-refractivity contribution >= 4 is 11.4 Å². The Bertz CT molecular complexity index is 661. The van der Waals surface area contributed by atoms with Crippen LogP contribution in [0.1, 0.15) is 18.5 Å². The standard InChI is InChI=1S/C14H17N5O/c15-11-3-4-16-12(7-11)10-19-14(20)8-13(9-17-19)18-5-1-2-6-18/h3-4,7-9H,1-2,5-6,10H2,(H2,15,16). The largest absolute Gasteiger partial charge is 0.399 e. The van der Waals surface area contributed by atoms with Gasteiger partial charge in [0.15, 0.2) is 0 Å². The first-order chi connectivity index (χ1) is 9.72. The fourth-order valence-electron chi connectivity index (χ4n) is 2.43. The summed E-state index contributed by atoms with van der Waals surface area (Å²) in [7, 11) is 0. The molecule has 0 aliphatic carbocycles. The third kappa shape index (κ3) is 2.64. The Labute approximate surface area is 116 Å². The monoisotopic (exact) mass is 271 g/mol. The van der Waals surface area contributed by atoms with Crippen molar-refractivity contribution < 1.29 is 0 Å². The molecule has 3 heterocycles. The molecule has 3 rings (SSSR count). The van der Waals surface area contributed by atoms with Gasteiger partial charge in [0.25, 0.3) is 5.56 Å². The van der Waals surface area contributed by atoms with E-state index in [4.69, 9.17) is 5.73 Å². The van der Waals surface area contributed by atoms with Gasteiger partial charge >= 0.3 is 0 Å². The highest BCUT2D eigenvalue weighted by molar-refractivity contribution is 5.43. The first-order valence-electron chi connectivity index (χ1n) is 6.75. The van der Waals surface area contributed by atoms with E-state index in [-0.39, 0.29) is 5.56 Å². The molecule has 0 unspecified atom stereocenters. The number of nitrogens with two attached hydrogens (primary N) is 1. The molecule has 2 aromatic rings. The lowest BCUT2D eigenvalue weighted by atomic mass is 10.3. The number of anilines is 2. The molecule has 6 heteroatoms. The molecule has 2 N–H and O–H groups in total. The van der Waals surface area contributed by atoms with Gasteiger partial charge in [-0.3, -0.25) is 9.78 Å². The maximum Gasteiger partial charge on any atom is 0.269 e. The molecular weight excluding hydrogens is 254 g/mol. The summed E-state index contributed by atoms with van der Waals surface area (Å²) < 4.78 is 1.40. The normalized spacial score (nSPS) is 14.7. The first kappa shape index (κ1) is 12.7. The van der Waals surface area contributed by atoms with Gasteiger partial charge in [-0.15, -0.1) is 0 Å². The molecule has 0 saturated carbocycles. The first-order valence-corrected chi connectivity index (χ1v) is 6.75. The van der Waals surface area contributed by atoms with Gasteiger partial charge in [0.1, 0.15) is 0 Å². The Balaban J connectivity index is 1.82. The zero-order chi connectivity index (χ0) is 13.9. The van der Waals surface area contributed by atoms with Gasteiger partial charge in [0, 0.05) is 31.0 Å². The number of nitrogens with zero attached hydrogens (tertiary/aromatic N) is 4. The van der Waals surface area contributed by atoms with E-state index >= 15 is 0 Å². The van der Waals surface area contributed by atoms with Gasteiger partial charge in [-0.2, -0.15) is 5.10 Å². The summed E-state index contributed by atoms with van der Waals surface area (Å²) >= 11 is 0. The summed E-state index contributed by atoms with van der Waals surface area (Å²) in [6, 6.07) is 5.11. The van der Waals surface area contributed by atoms with Crippen LogP contribution < -0.4 is 16.2 Å². The van der Waals surface area contributed by atoms with Gasteiger partial charge in [0.05, 0.1) is 24.1 Å². The predicted molar refractivity (Wildman–Crippen MR) is 77.7 cm³/mol. The summed E-state index contributed by atoms with van der Waals surface area (Å²) in [4.78, 5) is 18.5. The second-order valence-electron chi connectivity index (χ2n) is 4.98. The van der Waals surface area contributed by atoms with Gasteiger partial charge in [0.2, 0.25) is 0 Å². The van der Waals surface area contributed by atoms with E-state index in [1.807, 2.05) is 0 Å². The van der Waals surface area contributed by atoms with E-state index in [1.54, 1.807) is 30.6 Å². The number of hydrogen-bond donors (Lipinski definition) is 1. The minimum atomic E-state index is -0.112. The molecule has 1 fully saturated rings. The zero-order valence-electron chi connectivity index (χ0n) is 11.2. The number of nitrogen functional groups attached to an aromatic ring is 1. The Hall–Kier alpha value is -2.37. The van der Waals surface area contributed by atoms with Crippen LogP contribution >= 0.6 is 0 Å². The Morgan fingerprint density at radius 3 is 2.75 bits per heavy atom. The van der Waals surface area contributed by atoms with Crippen molar-refractivity contribution in [3.8, 4) is 0 Å². The van der Waals surface area contributed by atoms with Crippen molar-refractivity contribution in [3.63, 3.8) is 0 Å². The molecule has 104 valence electrons. The molecule has 1 aliphatic heterocycles. The quantitative estimate of drug-likeness (QED) is 0.896. The number of hydrogen-bond acceptors (Lipinski definition) is 5. The lowest BCUT2D eigenvalue weighted by Crippen LogP contribution is -2.26. The molecule has 1 saturated heterocycles. The highest BCUT2D eigenvalue weighted by Gasteiger charge is 2.13. The third-order valence-electron chi connectivity index (χ3n) is 3.48. The zero-order valence-corrected chi connectivity index (χ0v) is 11.2. The van der Waals surface area contributed by atoms with Crippen LogP contribution in [-0.2, 0) is 6.54 Å². The predicted octanol–water partition coefficient (Wildman–Crippen LogP) is 0.869. The van der Waals surface area contributed by atoms with Crippen LogP contribution in [0.5, 0.6) is 0 Å². The smallest absolute Gasteiger partial charge is 0.269 e. The fraction of sp³-hybridized carbons (Fsp3) is 0.357. The van der Waals surface area contributed by atoms with Gasteiger partial charge in [-0.25, -0.2) is 4.68 Å². The number of pyridine rings is 1. The van der Waals surface area contributed by atoms with E-state index in [0.717, 1.165) is 24.5 Å². The molecule has 20 heavy (non-hydrogen) atoms. The Kier molecular flexibility index (Phi) is 3.37. The molecule has 0 atom stereocenters. The Morgan fingerprint density at radius 2 is 2.05 bits per heavy atom. The molecule has 0 radical (unpaired) electrons. The van der Waals surface area contributed by atoms with Crippen molar-refractivity contribution in [1.29, 1.82) is 0 Å². The maximum absolute atomic E-state index is 12.1. The number of rotatable bonds is 3. The van der Waals surface area contributed by atoms with E-state index in [2.05, 4.69) is 15.0 Å². The van der Waals surface area contributed by atoms with Crippen molar-refractivity contribution in [3.05, 3.63) is 46.6 Å². The van der Waals surface area contributed by atoms with Crippen molar-refractivity contribution in [2.45, 2.75) is 19.4 Å². The van der Waals surface area contributed by atoms with Gasteiger partial charge < -0.3 is 10.6 Å². The second-order valence-corrected chi connectivity index (χ2v) is 4.98. The third-order valence-corrected chi connectivity index (χ3v) is 3.48. The van der Waals surface area contributed by atoms with Crippen LogP contribution in [0.4, 0.5) is 11.4 Å². The van der Waals surface area contributed by atoms with Crippen LogP contribution in [0, 0.1) is 0 Å². The number of aromatic nitrogens is 3.